The van der Waals surface area contributed by atoms with Gasteiger partial charge in [-0.15, -0.1) is 0 Å². The first-order valence-electron chi connectivity index (χ1n) is 6.42. The van der Waals surface area contributed by atoms with Gasteiger partial charge in [-0.2, -0.15) is 0 Å². The first-order chi connectivity index (χ1) is 10.5. The lowest BCUT2D eigenvalue weighted by molar-refractivity contribution is 0.102. The number of amides is 1. The number of hydrogen-bond donors (Lipinski definition) is 1. The van der Waals surface area contributed by atoms with Crippen LogP contribution in [0.15, 0.2) is 42.5 Å². The van der Waals surface area contributed by atoms with Crippen LogP contribution in [0.3, 0.4) is 0 Å². The number of anilines is 1. The van der Waals surface area contributed by atoms with Crippen molar-refractivity contribution < 1.29 is 18.3 Å². The van der Waals surface area contributed by atoms with Crippen molar-refractivity contribution in [3.8, 4) is 0 Å². The average molecular weight is 321 g/mol. The van der Waals surface area contributed by atoms with Crippen LogP contribution in [0.1, 0.15) is 15.9 Å². The fourth-order valence-electron chi connectivity index (χ4n) is 1.84. The van der Waals surface area contributed by atoms with Crippen molar-refractivity contribution in [1.82, 2.24) is 0 Å². The molecule has 0 aliphatic heterocycles. The highest BCUT2D eigenvalue weighted by molar-refractivity contribution is 7.80. The summed E-state index contributed by atoms with van der Waals surface area (Å²) in [6.45, 7) is 0. The van der Waals surface area contributed by atoms with Crippen LogP contribution in [0, 0.1) is 11.6 Å². The average Bonchev–Trinajstić information content (AvgIpc) is 2.52. The summed E-state index contributed by atoms with van der Waals surface area (Å²) >= 11 is 4.87. The summed E-state index contributed by atoms with van der Waals surface area (Å²) in [6, 6.07) is 10.3. The van der Waals surface area contributed by atoms with Crippen molar-refractivity contribution in [2.45, 2.75) is 6.42 Å². The second-order valence-corrected chi connectivity index (χ2v) is 4.95. The maximum atomic E-state index is 13.8. The summed E-state index contributed by atoms with van der Waals surface area (Å²) in [4.78, 5) is 12.0. The number of rotatable bonds is 4. The van der Waals surface area contributed by atoms with Crippen molar-refractivity contribution in [3.63, 3.8) is 0 Å². The Morgan fingerprint density at radius 1 is 1.18 bits per heavy atom. The highest BCUT2D eigenvalue weighted by atomic mass is 32.1. The number of benzene rings is 2. The van der Waals surface area contributed by atoms with Gasteiger partial charge in [-0.05, 0) is 36.0 Å². The maximum Gasteiger partial charge on any atom is 0.255 e. The standard InChI is InChI=1S/C16H13F2NO2S/c1-21-15(22)8-11-7-14(13(18)9-12(11)17)19-16(20)10-5-3-2-4-6-10/h2-7,9H,8H2,1H3,(H,19,20). The molecule has 0 radical (unpaired) electrons. The van der Waals surface area contributed by atoms with E-state index in [1.807, 2.05) is 0 Å². The Bertz CT molecular complexity index is 705. The van der Waals surface area contributed by atoms with Gasteiger partial charge in [0.05, 0.1) is 12.8 Å². The van der Waals surface area contributed by atoms with Gasteiger partial charge in [0, 0.05) is 18.1 Å². The Labute approximate surface area is 131 Å². The van der Waals surface area contributed by atoms with E-state index < -0.39 is 17.5 Å². The number of thiocarbonyl (C=S) groups is 1. The third-order valence-electron chi connectivity index (χ3n) is 2.98. The lowest BCUT2D eigenvalue weighted by Gasteiger charge is -2.10. The molecule has 1 N–H and O–H groups in total. The Balaban J connectivity index is 2.25. The van der Waals surface area contributed by atoms with Crippen LogP contribution in [0.25, 0.3) is 0 Å². The summed E-state index contributed by atoms with van der Waals surface area (Å²) in [5.74, 6) is -2.07. The Morgan fingerprint density at radius 3 is 2.50 bits per heavy atom. The van der Waals surface area contributed by atoms with Crippen molar-refractivity contribution in [1.29, 1.82) is 0 Å². The number of ether oxygens (including phenoxy) is 1. The van der Waals surface area contributed by atoms with Crippen LogP contribution in [-0.2, 0) is 11.2 Å². The maximum absolute atomic E-state index is 13.8. The predicted molar refractivity (Wildman–Crippen MR) is 84.1 cm³/mol. The molecule has 6 heteroatoms. The van der Waals surface area contributed by atoms with E-state index in [9.17, 15) is 13.6 Å². The van der Waals surface area contributed by atoms with Gasteiger partial charge in [0.1, 0.15) is 11.6 Å². The molecule has 0 saturated heterocycles. The van der Waals surface area contributed by atoms with Crippen molar-refractivity contribution >= 4 is 28.9 Å². The van der Waals surface area contributed by atoms with Gasteiger partial charge in [-0.3, -0.25) is 4.79 Å². The second kappa shape index (κ2) is 7.09. The summed E-state index contributed by atoms with van der Waals surface area (Å²) in [5, 5.41) is 2.59. The molecule has 0 aliphatic rings. The molecule has 0 atom stereocenters. The molecule has 0 bridgehead atoms. The minimum Gasteiger partial charge on any atom is -0.490 e. The molecule has 114 valence electrons. The molecule has 2 aromatic carbocycles. The number of halogens is 2. The first-order valence-corrected chi connectivity index (χ1v) is 6.83. The molecular formula is C16H13F2NO2S. The van der Waals surface area contributed by atoms with Gasteiger partial charge in [0.2, 0.25) is 0 Å². The number of carbonyl (C=O) groups is 1. The van der Waals surface area contributed by atoms with Gasteiger partial charge >= 0.3 is 0 Å². The van der Waals surface area contributed by atoms with Gasteiger partial charge in [-0.25, -0.2) is 8.78 Å². The van der Waals surface area contributed by atoms with E-state index in [1.165, 1.54) is 13.2 Å². The predicted octanol–water partition coefficient (Wildman–Crippen LogP) is 3.73. The molecule has 0 unspecified atom stereocenters. The zero-order chi connectivity index (χ0) is 16.1. The molecule has 1 amide bonds. The Kier molecular flexibility index (Phi) is 5.16. The Morgan fingerprint density at radius 2 is 1.86 bits per heavy atom. The zero-order valence-electron chi connectivity index (χ0n) is 11.7. The van der Waals surface area contributed by atoms with Crippen molar-refractivity contribution in [2.24, 2.45) is 0 Å². The molecule has 3 nitrogen and oxygen atoms in total. The monoisotopic (exact) mass is 321 g/mol. The van der Waals surface area contributed by atoms with E-state index >= 15 is 0 Å². The summed E-state index contributed by atoms with van der Waals surface area (Å²) < 4.78 is 32.3. The van der Waals surface area contributed by atoms with E-state index in [0.717, 1.165) is 0 Å². The lowest BCUT2D eigenvalue weighted by atomic mass is 10.1. The normalized spacial score (nSPS) is 10.1. The van der Waals surface area contributed by atoms with Crippen molar-refractivity contribution in [2.75, 3.05) is 12.4 Å². The fourth-order valence-corrected chi connectivity index (χ4v) is 1.99. The highest BCUT2D eigenvalue weighted by Gasteiger charge is 2.14. The second-order valence-electron chi connectivity index (χ2n) is 4.50. The summed E-state index contributed by atoms with van der Waals surface area (Å²) in [6.07, 6.45) is 0.0200. The van der Waals surface area contributed by atoms with Gasteiger partial charge in [-0.1, -0.05) is 18.2 Å². The molecule has 0 aromatic heterocycles. The highest BCUT2D eigenvalue weighted by Crippen LogP contribution is 2.21. The summed E-state index contributed by atoms with van der Waals surface area (Å²) in [5.41, 5.74) is 0.418. The number of carbonyl (C=O) groups excluding carboxylic acids is 1. The molecule has 0 saturated carbocycles. The van der Waals surface area contributed by atoms with Gasteiger partial charge < -0.3 is 10.1 Å². The number of hydrogen-bond acceptors (Lipinski definition) is 3. The van der Waals surface area contributed by atoms with E-state index in [4.69, 9.17) is 17.0 Å². The topological polar surface area (TPSA) is 38.3 Å². The van der Waals surface area contributed by atoms with Crippen molar-refractivity contribution in [3.05, 3.63) is 65.2 Å². The SMILES string of the molecule is COC(=S)Cc1cc(NC(=O)c2ccccc2)c(F)cc1F. The van der Waals surface area contributed by atoms with Crippen LogP contribution in [0.4, 0.5) is 14.5 Å². The molecule has 0 fully saturated rings. The minimum atomic E-state index is -0.853. The lowest BCUT2D eigenvalue weighted by Crippen LogP contribution is -2.14. The third-order valence-corrected chi connectivity index (χ3v) is 3.29. The molecule has 2 aromatic rings. The largest absolute Gasteiger partial charge is 0.490 e. The van der Waals surface area contributed by atoms with Crippen LogP contribution < -0.4 is 5.32 Å². The quantitative estimate of drug-likeness (QED) is 0.872. The van der Waals surface area contributed by atoms with E-state index in [1.54, 1.807) is 30.3 Å². The molecule has 2 rings (SSSR count). The van der Waals surface area contributed by atoms with E-state index in [0.29, 0.717) is 11.6 Å². The molecule has 0 aliphatic carbocycles. The Hall–Kier alpha value is -2.34. The van der Waals surface area contributed by atoms with E-state index in [2.05, 4.69) is 5.32 Å². The number of nitrogens with one attached hydrogen (secondary N) is 1. The molecular weight excluding hydrogens is 308 g/mol. The number of methoxy groups -OCH3 is 1. The van der Waals surface area contributed by atoms with Crippen LogP contribution >= 0.6 is 12.2 Å². The molecule has 0 spiro atoms. The first kappa shape index (κ1) is 16.0. The third kappa shape index (κ3) is 3.85. The summed E-state index contributed by atoms with van der Waals surface area (Å²) in [7, 11) is 1.38. The van der Waals surface area contributed by atoms with E-state index in [-0.39, 0.29) is 22.7 Å². The molecule has 0 heterocycles. The van der Waals surface area contributed by atoms with Crippen LogP contribution in [0.5, 0.6) is 0 Å². The van der Waals surface area contributed by atoms with Gasteiger partial charge in [0.15, 0.2) is 5.05 Å². The van der Waals surface area contributed by atoms with Gasteiger partial charge in [0.25, 0.3) is 5.91 Å². The smallest absolute Gasteiger partial charge is 0.255 e. The zero-order valence-corrected chi connectivity index (χ0v) is 12.5. The fraction of sp³-hybridized carbons (Fsp3) is 0.125. The van der Waals surface area contributed by atoms with Crippen LogP contribution in [-0.4, -0.2) is 18.1 Å². The minimum absolute atomic E-state index is 0.0200. The molecule has 22 heavy (non-hydrogen) atoms. The van der Waals surface area contributed by atoms with Crippen LogP contribution in [0.2, 0.25) is 0 Å².